The van der Waals surface area contributed by atoms with Crippen LogP contribution in [0.3, 0.4) is 0 Å². The molecule has 2 aromatic heterocycles. The van der Waals surface area contributed by atoms with Crippen molar-refractivity contribution in [3.8, 4) is 11.6 Å². The van der Waals surface area contributed by atoms with E-state index in [0.29, 0.717) is 29.9 Å². The average Bonchev–Trinajstić information content (AvgIpc) is 3.04. The Morgan fingerprint density at radius 2 is 2.15 bits per heavy atom. The van der Waals surface area contributed by atoms with Crippen LogP contribution in [0.25, 0.3) is 22.6 Å². The van der Waals surface area contributed by atoms with Crippen LogP contribution in [0.15, 0.2) is 39.3 Å². The van der Waals surface area contributed by atoms with Crippen molar-refractivity contribution in [1.29, 1.82) is 0 Å². The molecule has 3 aromatic rings. The summed E-state index contributed by atoms with van der Waals surface area (Å²) >= 11 is 0. The van der Waals surface area contributed by atoms with Gasteiger partial charge in [-0.3, -0.25) is 0 Å². The van der Waals surface area contributed by atoms with Crippen molar-refractivity contribution in [3.63, 3.8) is 0 Å². The fourth-order valence-corrected chi connectivity index (χ4v) is 2.21. The van der Waals surface area contributed by atoms with Crippen LogP contribution in [0, 0.1) is 0 Å². The van der Waals surface area contributed by atoms with Crippen LogP contribution in [0.5, 0.6) is 0 Å². The monoisotopic (exact) mass is 271 g/mol. The summed E-state index contributed by atoms with van der Waals surface area (Å²) in [5.41, 5.74) is 0.829. The van der Waals surface area contributed by atoms with Crippen molar-refractivity contribution in [3.05, 3.63) is 36.2 Å². The summed E-state index contributed by atoms with van der Waals surface area (Å²) in [6, 6.07) is 10.1. The first-order chi connectivity index (χ1) is 9.76. The van der Waals surface area contributed by atoms with E-state index in [4.69, 9.17) is 8.94 Å². The number of furan rings is 1. The lowest BCUT2D eigenvalue weighted by Gasteiger charge is -2.07. The molecule has 1 N–H and O–H groups in total. The molecule has 1 unspecified atom stereocenters. The molecular formula is C15H17N3O2. The Hall–Kier alpha value is -2.14. The van der Waals surface area contributed by atoms with Gasteiger partial charge in [0.2, 0.25) is 11.7 Å². The molecule has 0 radical (unpaired) electrons. The number of nitrogens with one attached hydrogen (secondary N) is 1. The maximum atomic E-state index is 5.72. The highest BCUT2D eigenvalue weighted by Gasteiger charge is 2.14. The zero-order valence-electron chi connectivity index (χ0n) is 11.6. The number of fused-ring (bicyclic) bond motifs is 1. The first-order valence-corrected chi connectivity index (χ1v) is 6.81. The quantitative estimate of drug-likeness (QED) is 0.772. The van der Waals surface area contributed by atoms with Gasteiger partial charge in [0.25, 0.3) is 0 Å². The molecule has 0 spiro atoms. The van der Waals surface area contributed by atoms with E-state index in [0.717, 1.165) is 17.5 Å². The third-order valence-corrected chi connectivity index (χ3v) is 3.15. The number of hydrogen-bond acceptors (Lipinski definition) is 5. The van der Waals surface area contributed by atoms with E-state index >= 15 is 0 Å². The molecule has 0 saturated carbocycles. The first kappa shape index (κ1) is 12.9. The van der Waals surface area contributed by atoms with E-state index in [9.17, 15) is 0 Å². The lowest BCUT2D eigenvalue weighted by Crippen LogP contribution is -2.27. The standard InChI is InChI=1S/C15H17N3O2/c1-3-16-10(2)8-14-17-15(18-20-14)13-9-11-6-4-5-7-12(11)19-13/h4-7,9-10,16H,3,8H2,1-2H3. The van der Waals surface area contributed by atoms with Crippen LogP contribution < -0.4 is 5.32 Å². The molecule has 0 aliphatic rings. The van der Waals surface area contributed by atoms with Gasteiger partial charge in [-0.1, -0.05) is 30.3 Å². The molecule has 104 valence electrons. The number of benzene rings is 1. The zero-order valence-corrected chi connectivity index (χ0v) is 11.6. The van der Waals surface area contributed by atoms with Gasteiger partial charge in [-0.25, -0.2) is 0 Å². The lowest BCUT2D eigenvalue weighted by atomic mass is 10.2. The van der Waals surface area contributed by atoms with E-state index in [1.165, 1.54) is 0 Å². The molecule has 5 nitrogen and oxygen atoms in total. The van der Waals surface area contributed by atoms with Crippen LogP contribution in [0.1, 0.15) is 19.7 Å². The summed E-state index contributed by atoms with van der Waals surface area (Å²) in [4.78, 5) is 4.39. The second kappa shape index (κ2) is 5.46. The largest absolute Gasteiger partial charge is 0.453 e. The van der Waals surface area contributed by atoms with E-state index < -0.39 is 0 Å². The Bertz CT molecular complexity index is 669. The Labute approximate surface area is 117 Å². The topological polar surface area (TPSA) is 64.1 Å². The predicted molar refractivity (Wildman–Crippen MR) is 76.3 cm³/mol. The summed E-state index contributed by atoms with van der Waals surface area (Å²) in [5, 5.41) is 8.34. The van der Waals surface area contributed by atoms with Gasteiger partial charge >= 0.3 is 0 Å². The summed E-state index contributed by atoms with van der Waals surface area (Å²) in [6.07, 6.45) is 0.709. The summed E-state index contributed by atoms with van der Waals surface area (Å²) in [7, 11) is 0. The van der Waals surface area contributed by atoms with Crippen molar-refractivity contribution < 1.29 is 8.94 Å². The Morgan fingerprint density at radius 1 is 1.30 bits per heavy atom. The van der Waals surface area contributed by atoms with E-state index in [2.05, 4.69) is 29.3 Å². The highest BCUT2D eigenvalue weighted by molar-refractivity contribution is 5.81. The fraction of sp³-hybridized carbons (Fsp3) is 0.333. The summed E-state index contributed by atoms with van der Waals surface area (Å²) < 4.78 is 11.0. The van der Waals surface area contributed by atoms with Crippen molar-refractivity contribution in [2.45, 2.75) is 26.3 Å². The minimum atomic E-state index is 0.309. The fourth-order valence-electron chi connectivity index (χ4n) is 2.21. The highest BCUT2D eigenvalue weighted by atomic mass is 16.5. The van der Waals surface area contributed by atoms with Crippen molar-refractivity contribution in [2.24, 2.45) is 0 Å². The van der Waals surface area contributed by atoms with E-state index in [-0.39, 0.29) is 0 Å². The molecule has 5 heteroatoms. The normalized spacial score (nSPS) is 12.9. The number of para-hydroxylation sites is 1. The molecule has 2 heterocycles. The third kappa shape index (κ3) is 2.58. The molecule has 0 aliphatic heterocycles. The Balaban J connectivity index is 1.82. The number of likely N-dealkylation sites (N-methyl/N-ethyl adjacent to an activating group) is 1. The van der Waals surface area contributed by atoms with Crippen LogP contribution in [0.4, 0.5) is 0 Å². The SMILES string of the molecule is CCNC(C)Cc1nc(-c2cc3ccccc3o2)no1. The predicted octanol–water partition coefficient (Wildman–Crippen LogP) is 3.02. The van der Waals surface area contributed by atoms with Gasteiger partial charge in [0.05, 0.1) is 0 Å². The summed E-state index contributed by atoms with van der Waals surface area (Å²) in [5.74, 6) is 1.76. The van der Waals surface area contributed by atoms with Crippen LogP contribution in [-0.2, 0) is 6.42 Å². The molecule has 0 fully saturated rings. The second-order valence-electron chi connectivity index (χ2n) is 4.82. The second-order valence-corrected chi connectivity index (χ2v) is 4.82. The molecule has 0 bridgehead atoms. The molecule has 1 aromatic carbocycles. The molecule has 0 saturated heterocycles. The summed E-state index contributed by atoms with van der Waals surface area (Å²) in [6.45, 7) is 5.09. The van der Waals surface area contributed by atoms with Gasteiger partial charge in [-0.15, -0.1) is 0 Å². The molecule has 1 atom stereocenters. The molecular weight excluding hydrogens is 254 g/mol. The number of aromatic nitrogens is 2. The van der Waals surface area contributed by atoms with E-state index in [1.54, 1.807) is 0 Å². The van der Waals surface area contributed by atoms with Crippen LogP contribution in [-0.4, -0.2) is 22.7 Å². The minimum absolute atomic E-state index is 0.309. The van der Waals surface area contributed by atoms with Crippen LogP contribution in [0.2, 0.25) is 0 Å². The Morgan fingerprint density at radius 3 is 2.95 bits per heavy atom. The average molecular weight is 271 g/mol. The molecule has 20 heavy (non-hydrogen) atoms. The van der Waals surface area contributed by atoms with Crippen molar-refractivity contribution >= 4 is 11.0 Å². The smallest absolute Gasteiger partial charge is 0.238 e. The van der Waals surface area contributed by atoms with Gasteiger partial charge in [-0.2, -0.15) is 4.98 Å². The van der Waals surface area contributed by atoms with Crippen LogP contribution >= 0.6 is 0 Å². The molecule has 0 amide bonds. The lowest BCUT2D eigenvalue weighted by molar-refractivity contribution is 0.362. The van der Waals surface area contributed by atoms with Gasteiger partial charge in [0.15, 0.2) is 5.76 Å². The molecule has 0 aliphatic carbocycles. The minimum Gasteiger partial charge on any atom is -0.453 e. The maximum absolute atomic E-state index is 5.72. The number of nitrogens with zero attached hydrogens (tertiary/aromatic N) is 2. The number of rotatable bonds is 5. The third-order valence-electron chi connectivity index (χ3n) is 3.15. The van der Waals surface area contributed by atoms with Gasteiger partial charge in [-0.05, 0) is 25.6 Å². The van der Waals surface area contributed by atoms with Crippen molar-refractivity contribution in [2.75, 3.05) is 6.54 Å². The van der Waals surface area contributed by atoms with E-state index in [1.807, 2.05) is 30.3 Å². The Kier molecular flexibility index (Phi) is 3.52. The number of hydrogen-bond donors (Lipinski definition) is 1. The van der Waals surface area contributed by atoms with Gasteiger partial charge in [0, 0.05) is 17.8 Å². The first-order valence-electron chi connectivity index (χ1n) is 6.81. The van der Waals surface area contributed by atoms with Gasteiger partial charge in [0.1, 0.15) is 5.58 Å². The highest BCUT2D eigenvalue weighted by Crippen LogP contribution is 2.25. The van der Waals surface area contributed by atoms with Crippen molar-refractivity contribution in [1.82, 2.24) is 15.5 Å². The maximum Gasteiger partial charge on any atom is 0.238 e. The molecule has 3 rings (SSSR count). The zero-order chi connectivity index (χ0) is 13.9. The van der Waals surface area contributed by atoms with Gasteiger partial charge < -0.3 is 14.3 Å².